The first-order valence-electron chi connectivity index (χ1n) is 8.42. The number of hydrogen-bond acceptors (Lipinski definition) is 4. The molecule has 1 unspecified atom stereocenters. The van der Waals surface area contributed by atoms with Gasteiger partial charge in [0.2, 0.25) is 0 Å². The standard InChI is InChI=1S/C19H27N3O3/c1-14-9-10-18(25-14)15(2)22-19(20-3)21-11-6-12-24-17-8-5-7-16(13-17)23-4/h5,7-10,13,15H,6,11-12H2,1-4H3,(H2,20,21,22). The third-order valence-corrected chi connectivity index (χ3v) is 3.69. The van der Waals surface area contributed by atoms with E-state index < -0.39 is 0 Å². The molecule has 0 fully saturated rings. The van der Waals surface area contributed by atoms with Gasteiger partial charge in [0.1, 0.15) is 23.0 Å². The van der Waals surface area contributed by atoms with Gasteiger partial charge in [-0.25, -0.2) is 0 Å². The van der Waals surface area contributed by atoms with Crippen molar-refractivity contribution in [2.45, 2.75) is 26.3 Å². The second-order valence-electron chi connectivity index (χ2n) is 5.69. The number of aryl methyl sites for hydroxylation is 1. The summed E-state index contributed by atoms with van der Waals surface area (Å²) >= 11 is 0. The zero-order valence-electron chi connectivity index (χ0n) is 15.3. The van der Waals surface area contributed by atoms with E-state index in [0.29, 0.717) is 6.61 Å². The van der Waals surface area contributed by atoms with Crippen molar-refractivity contribution in [3.63, 3.8) is 0 Å². The van der Waals surface area contributed by atoms with E-state index in [1.165, 1.54) is 0 Å². The summed E-state index contributed by atoms with van der Waals surface area (Å²) in [6.07, 6.45) is 0.853. The van der Waals surface area contributed by atoms with Gasteiger partial charge in [-0.05, 0) is 44.5 Å². The number of furan rings is 1. The topological polar surface area (TPSA) is 68.0 Å². The van der Waals surface area contributed by atoms with Gasteiger partial charge in [-0.3, -0.25) is 4.99 Å². The van der Waals surface area contributed by atoms with Crippen molar-refractivity contribution in [1.29, 1.82) is 0 Å². The number of guanidine groups is 1. The third-order valence-electron chi connectivity index (χ3n) is 3.69. The molecule has 1 atom stereocenters. The fourth-order valence-electron chi connectivity index (χ4n) is 2.32. The fourth-order valence-corrected chi connectivity index (χ4v) is 2.32. The Hall–Kier alpha value is -2.63. The summed E-state index contributed by atoms with van der Waals surface area (Å²) in [5.74, 6) is 4.14. The first-order valence-corrected chi connectivity index (χ1v) is 8.42. The Balaban J connectivity index is 1.68. The summed E-state index contributed by atoms with van der Waals surface area (Å²) in [5, 5.41) is 6.59. The number of ether oxygens (including phenoxy) is 2. The number of nitrogens with zero attached hydrogens (tertiary/aromatic N) is 1. The Kier molecular flexibility index (Phi) is 7.19. The SMILES string of the molecule is CN=C(NCCCOc1cccc(OC)c1)NC(C)c1ccc(C)o1. The summed E-state index contributed by atoms with van der Waals surface area (Å²) in [5.41, 5.74) is 0. The van der Waals surface area contributed by atoms with Crippen LogP contribution in [0.15, 0.2) is 45.8 Å². The second-order valence-corrected chi connectivity index (χ2v) is 5.69. The summed E-state index contributed by atoms with van der Waals surface area (Å²) in [7, 11) is 3.40. The van der Waals surface area contributed by atoms with E-state index >= 15 is 0 Å². The molecular formula is C19H27N3O3. The van der Waals surface area contributed by atoms with Crippen LogP contribution in [0.1, 0.15) is 30.9 Å². The van der Waals surface area contributed by atoms with E-state index in [2.05, 4.69) is 15.6 Å². The van der Waals surface area contributed by atoms with Gasteiger partial charge < -0.3 is 24.5 Å². The van der Waals surface area contributed by atoms with Crippen molar-refractivity contribution in [3.8, 4) is 11.5 Å². The second kappa shape index (κ2) is 9.61. The van der Waals surface area contributed by atoms with Gasteiger partial charge in [0.05, 0.1) is 19.8 Å². The highest BCUT2D eigenvalue weighted by Crippen LogP contribution is 2.18. The fraction of sp³-hybridized carbons (Fsp3) is 0.421. The molecule has 2 N–H and O–H groups in total. The van der Waals surface area contributed by atoms with Crippen LogP contribution in [0.3, 0.4) is 0 Å². The van der Waals surface area contributed by atoms with Crippen molar-refractivity contribution >= 4 is 5.96 Å². The molecule has 2 aromatic rings. The minimum atomic E-state index is 0.0490. The molecule has 0 aliphatic heterocycles. The minimum Gasteiger partial charge on any atom is -0.497 e. The number of nitrogens with one attached hydrogen (secondary N) is 2. The molecule has 0 aliphatic carbocycles. The number of methoxy groups -OCH3 is 1. The lowest BCUT2D eigenvalue weighted by Crippen LogP contribution is -2.39. The number of rotatable bonds is 8. The maximum Gasteiger partial charge on any atom is 0.191 e. The Morgan fingerprint density at radius 1 is 1.24 bits per heavy atom. The Bertz CT molecular complexity index is 682. The largest absolute Gasteiger partial charge is 0.497 e. The molecule has 1 aromatic heterocycles. The molecule has 1 aromatic carbocycles. The van der Waals surface area contributed by atoms with Gasteiger partial charge in [0.15, 0.2) is 5.96 Å². The van der Waals surface area contributed by atoms with E-state index in [1.807, 2.05) is 50.2 Å². The highest BCUT2D eigenvalue weighted by atomic mass is 16.5. The molecule has 2 rings (SSSR count). The summed E-state index contributed by atoms with van der Waals surface area (Å²) < 4.78 is 16.5. The lowest BCUT2D eigenvalue weighted by molar-refractivity contribution is 0.308. The Morgan fingerprint density at radius 2 is 2.04 bits per heavy atom. The highest BCUT2D eigenvalue weighted by molar-refractivity contribution is 5.79. The van der Waals surface area contributed by atoms with E-state index in [4.69, 9.17) is 13.9 Å². The zero-order valence-corrected chi connectivity index (χ0v) is 15.3. The van der Waals surface area contributed by atoms with Gasteiger partial charge in [0, 0.05) is 19.7 Å². The summed E-state index contributed by atoms with van der Waals surface area (Å²) in [4.78, 5) is 4.23. The average Bonchev–Trinajstić information content (AvgIpc) is 3.07. The van der Waals surface area contributed by atoms with Crippen molar-refractivity contribution in [2.75, 3.05) is 27.3 Å². The van der Waals surface area contributed by atoms with Crippen LogP contribution in [0.4, 0.5) is 0 Å². The summed E-state index contributed by atoms with van der Waals surface area (Å²) in [6.45, 7) is 5.35. The van der Waals surface area contributed by atoms with Crippen molar-refractivity contribution in [1.82, 2.24) is 10.6 Å². The zero-order chi connectivity index (χ0) is 18.1. The molecule has 6 heteroatoms. The molecule has 0 aliphatic rings. The average molecular weight is 345 g/mol. The van der Waals surface area contributed by atoms with Gasteiger partial charge in [-0.2, -0.15) is 0 Å². The minimum absolute atomic E-state index is 0.0490. The maximum atomic E-state index is 5.72. The smallest absolute Gasteiger partial charge is 0.191 e. The number of hydrogen-bond donors (Lipinski definition) is 2. The Morgan fingerprint density at radius 3 is 2.72 bits per heavy atom. The quantitative estimate of drug-likeness (QED) is 0.436. The normalized spacial score (nSPS) is 12.6. The lowest BCUT2D eigenvalue weighted by atomic mass is 10.2. The predicted octanol–water partition coefficient (Wildman–Crippen LogP) is 3.29. The molecule has 0 radical (unpaired) electrons. The van der Waals surface area contributed by atoms with Crippen molar-refractivity contribution < 1.29 is 13.9 Å². The molecule has 1 heterocycles. The van der Waals surface area contributed by atoms with E-state index in [-0.39, 0.29) is 6.04 Å². The predicted molar refractivity (Wildman–Crippen MR) is 99.5 cm³/mol. The van der Waals surface area contributed by atoms with Crippen LogP contribution in [-0.4, -0.2) is 33.3 Å². The van der Waals surface area contributed by atoms with Crippen LogP contribution < -0.4 is 20.1 Å². The third kappa shape index (κ3) is 6.06. The highest BCUT2D eigenvalue weighted by Gasteiger charge is 2.10. The van der Waals surface area contributed by atoms with E-state index in [0.717, 1.165) is 41.9 Å². The molecule has 25 heavy (non-hydrogen) atoms. The molecule has 0 spiro atoms. The van der Waals surface area contributed by atoms with E-state index in [9.17, 15) is 0 Å². The number of benzene rings is 1. The molecule has 0 saturated carbocycles. The summed E-state index contributed by atoms with van der Waals surface area (Å²) in [6, 6.07) is 11.6. The van der Waals surface area contributed by atoms with E-state index in [1.54, 1.807) is 14.2 Å². The van der Waals surface area contributed by atoms with Crippen LogP contribution >= 0.6 is 0 Å². The molecule has 0 amide bonds. The lowest BCUT2D eigenvalue weighted by Gasteiger charge is -2.16. The van der Waals surface area contributed by atoms with Crippen molar-refractivity contribution in [2.24, 2.45) is 4.99 Å². The maximum absolute atomic E-state index is 5.72. The van der Waals surface area contributed by atoms with Crippen LogP contribution in [0.25, 0.3) is 0 Å². The molecule has 0 bridgehead atoms. The molecule has 6 nitrogen and oxygen atoms in total. The molecule has 0 saturated heterocycles. The van der Waals surface area contributed by atoms with Crippen LogP contribution in [0, 0.1) is 6.92 Å². The first kappa shape index (κ1) is 18.7. The van der Waals surface area contributed by atoms with Crippen LogP contribution in [-0.2, 0) is 0 Å². The molecular weight excluding hydrogens is 318 g/mol. The van der Waals surface area contributed by atoms with Gasteiger partial charge >= 0.3 is 0 Å². The monoisotopic (exact) mass is 345 g/mol. The van der Waals surface area contributed by atoms with Gasteiger partial charge in [0.25, 0.3) is 0 Å². The van der Waals surface area contributed by atoms with Crippen LogP contribution in [0.2, 0.25) is 0 Å². The van der Waals surface area contributed by atoms with Gasteiger partial charge in [-0.1, -0.05) is 6.07 Å². The number of aliphatic imine (C=N–C) groups is 1. The molecule has 136 valence electrons. The van der Waals surface area contributed by atoms with Gasteiger partial charge in [-0.15, -0.1) is 0 Å². The Labute approximate surface area is 149 Å². The first-order chi connectivity index (χ1) is 12.1. The van der Waals surface area contributed by atoms with Crippen molar-refractivity contribution in [3.05, 3.63) is 47.9 Å². The van der Waals surface area contributed by atoms with Crippen LogP contribution in [0.5, 0.6) is 11.5 Å².